The minimum Gasteiger partial charge on any atom is -0.503 e. The van der Waals surface area contributed by atoms with Crippen LogP contribution < -0.4 is 5.32 Å². The maximum Gasteiger partial charge on any atom is 0.187 e. The van der Waals surface area contributed by atoms with Gasteiger partial charge in [-0.15, -0.1) is 0 Å². The number of phenols is 1. The van der Waals surface area contributed by atoms with E-state index in [0.29, 0.717) is 5.56 Å². The summed E-state index contributed by atoms with van der Waals surface area (Å²) < 4.78 is 26.3. The molecule has 19 heavy (non-hydrogen) atoms. The van der Waals surface area contributed by atoms with Crippen molar-refractivity contribution in [3.8, 4) is 5.75 Å². The van der Waals surface area contributed by atoms with Crippen LogP contribution in [0, 0.1) is 11.6 Å². The average Bonchev–Trinajstić information content (AvgIpc) is 2.43. The van der Waals surface area contributed by atoms with Crippen molar-refractivity contribution < 1.29 is 13.9 Å². The maximum atomic E-state index is 13.2. The molecule has 0 radical (unpaired) electrons. The summed E-state index contributed by atoms with van der Waals surface area (Å²) in [5.41, 5.74) is 1.28. The van der Waals surface area contributed by atoms with E-state index < -0.39 is 17.4 Å². The molecule has 0 aliphatic rings. The van der Waals surface area contributed by atoms with Crippen LogP contribution in [0.15, 0.2) is 36.5 Å². The molecule has 1 aromatic carbocycles. The summed E-state index contributed by atoms with van der Waals surface area (Å²) in [5.74, 6) is -2.86. The summed E-state index contributed by atoms with van der Waals surface area (Å²) in [6.45, 7) is 2.20. The van der Waals surface area contributed by atoms with Crippen molar-refractivity contribution in [1.29, 1.82) is 0 Å². The van der Waals surface area contributed by atoms with Gasteiger partial charge in [0.05, 0.1) is 5.69 Å². The number of halogens is 2. The van der Waals surface area contributed by atoms with Crippen molar-refractivity contribution in [3.05, 3.63) is 59.4 Å². The van der Waals surface area contributed by atoms with Crippen LogP contribution in [0.4, 0.5) is 8.78 Å². The summed E-state index contributed by atoms with van der Waals surface area (Å²) in [6.07, 6.45) is 1.69. The number of nitrogens with one attached hydrogen (secondary N) is 1. The van der Waals surface area contributed by atoms with Crippen molar-refractivity contribution >= 4 is 0 Å². The maximum absolute atomic E-state index is 13.2. The zero-order valence-corrected chi connectivity index (χ0v) is 10.4. The molecule has 0 saturated heterocycles. The molecule has 0 fully saturated rings. The first-order valence-electron chi connectivity index (χ1n) is 5.89. The standard InChI is InChI=1S/C14H14F2N2O/c1-9(13-4-2-3-5-17-13)18-8-10-6-11(15)14(19)12(16)7-10/h2-7,9,18-19H,8H2,1H3/t9-/m1/s1. The Morgan fingerprint density at radius 2 is 1.95 bits per heavy atom. The highest BCUT2D eigenvalue weighted by atomic mass is 19.1. The first-order valence-corrected chi connectivity index (χ1v) is 5.89. The number of nitrogens with zero attached hydrogens (tertiary/aromatic N) is 1. The normalized spacial score (nSPS) is 12.4. The monoisotopic (exact) mass is 264 g/mol. The quantitative estimate of drug-likeness (QED) is 0.892. The molecule has 0 spiro atoms. The molecule has 3 nitrogen and oxygen atoms in total. The minimum absolute atomic E-state index is 0.0406. The molecular weight excluding hydrogens is 250 g/mol. The molecule has 2 N–H and O–H groups in total. The fourth-order valence-electron chi connectivity index (χ4n) is 1.73. The number of hydrogen-bond acceptors (Lipinski definition) is 3. The first-order chi connectivity index (χ1) is 9.08. The van der Waals surface area contributed by atoms with Crippen LogP contribution >= 0.6 is 0 Å². The predicted octanol–water partition coefficient (Wildman–Crippen LogP) is 2.92. The van der Waals surface area contributed by atoms with Gasteiger partial charge in [-0.1, -0.05) is 6.07 Å². The molecule has 1 atom stereocenters. The Hall–Kier alpha value is -2.01. The first kappa shape index (κ1) is 13.4. The van der Waals surface area contributed by atoms with E-state index in [1.807, 2.05) is 25.1 Å². The zero-order chi connectivity index (χ0) is 13.8. The van der Waals surface area contributed by atoms with Crippen molar-refractivity contribution in [2.45, 2.75) is 19.5 Å². The Morgan fingerprint density at radius 3 is 2.53 bits per heavy atom. The lowest BCUT2D eigenvalue weighted by Gasteiger charge is -2.13. The number of rotatable bonds is 4. The van der Waals surface area contributed by atoms with Crippen molar-refractivity contribution in [1.82, 2.24) is 10.3 Å². The van der Waals surface area contributed by atoms with Gasteiger partial charge in [0, 0.05) is 18.8 Å². The summed E-state index contributed by atoms with van der Waals surface area (Å²) in [6, 6.07) is 7.74. The predicted molar refractivity (Wildman–Crippen MR) is 67.5 cm³/mol. The summed E-state index contributed by atoms with van der Waals surface area (Å²) >= 11 is 0. The van der Waals surface area contributed by atoms with Crippen LogP contribution in [-0.2, 0) is 6.54 Å². The highest BCUT2D eigenvalue weighted by molar-refractivity contribution is 5.30. The Morgan fingerprint density at radius 1 is 1.26 bits per heavy atom. The highest BCUT2D eigenvalue weighted by Crippen LogP contribution is 2.21. The second-order valence-electron chi connectivity index (χ2n) is 4.27. The average molecular weight is 264 g/mol. The lowest BCUT2D eigenvalue weighted by Crippen LogP contribution is -2.19. The molecule has 1 heterocycles. The highest BCUT2D eigenvalue weighted by Gasteiger charge is 2.11. The van der Waals surface area contributed by atoms with Crippen molar-refractivity contribution in [2.24, 2.45) is 0 Å². The van der Waals surface area contributed by atoms with E-state index in [2.05, 4.69) is 10.3 Å². The Bertz CT molecular complexity index is 538. The SMILES string of the molecule is C[C@@H](NCc1cc(F)c(O)c(F)c1)c1ccccn1. The molecule has 5 heteroatoms. The van der Waals surface area contributed by atoms with Crippen molar-refractivity contribution in [3.63, 3.8) is 0 Å². The fraction of sp³-hybridized carbons (Fsp3) is 0.214. The van der Waals surface area contributed by atoms with Gasteiger partial charge in [0.15, 0.2) is 17.4 Å². The Kier molecular flexibility index (Phi) is 4.06. The Labute approximate surface area is 109 Å². The molecule has 0 unspecified atom stereocenters. The van der Waals surface area contributed by atoms with E-state index >= 15 is 0 Å². The van der Waals surface area contributed by atoms with Gasteiger partial charge in [0.2, 0.25) is 0 Å². The molecular formula is C14H14F2N2O. The summed E-state index contributed by atoms with van der Waals surface area (Å²) in [4.78, 5) is 4.19. The zero-order valence-electron chi connectivity index (χ0n) is 10.4. The number of benzene rings is 1. The molecule has 1 aromatic heterocycles. The number of aromatic nitrogens is 1. The van der Waals surface area contributed by atoms with Gasteiger partial charge in [-0.3, -0.25) is 4.98 Å². The fourth-order valence-corrected chi connectivity index (χ4v) is 1.73. The summed E-state index contributed by atoms with van der Waals surface area (Å²) in [7, 11) is 0. The summed E-state index contributed by atoms with van der Waals surface area (Å²) in [5, 5.41) is 12.1. The van der Waals surface area contributed by atoms with E-state index in [1.165, 1.54) is 0 Å². The Balaban J connectivity index is 2.03. The smallest absolute Gasteiger partial charge is 0.187 e. The molecule has 0 aliphatic carbocycles. The van der Waals surface area contributed by atoms with E-state index in [-0.39, 0.29) is 12.6 Å². The van der Waals surface area contributed by atoms with Crippen LogP contribution in [-0.4, -0.2) is 10.1 Å². The molecule has 0 bridgehead atoms. The van der Waals surface area contributed by atoms with E-state index in [1.54, 1.807) is 6.20 Å². The van der Waals surface area contributed by atoms with Crippen LogP contribution in [0.3, 0.4) is 0 Å². The second-order valence-corrected chi connectivity index (χ2v) is 4.27. The van der Waals surface area contributed by atoms with Crippen molar-refractivity contribution in [2.75, 3.05) is 0 Å². The lowest BCUT2D eigenvalue weighted by molar-refractivity contribution is 0.394. The molecule has 100 valence electrons. The number of pyridine rings is 1. The molecule has 2 aromatic rings. The molecule has 0 saturated carbocycles. The third-order valence-corrected chi connectivity index (χ3v) is 2.82. The van der Waals surface area contributed by atoms with Crippen LogP contribution in [0.25, 0.3) is 0 Å². The van der Waals surface area contributed by atoms with Gasteiger partial charge < -0.3 is 10.4 Å². The van der Waals surface area contributed by atoms with Crippen LogP contribution in [0.5, 0.6) is 5.75 Å². The third kappa shape index (κ3) is 3.26. The van der Waals surface area contributed by atoms with Crippen LogP contribution in [0.2, 0.25) is 0 Å². The largest absolute Gasteiger partial charge is 0.503 e. The van der Waals surface area contributed by atoms with E-state index in [9.17, 15) is 8.78 Å². The van der Waals surface area contributed by atoms with Gasteiger partial charge in [-0.25, -0.2) is 8.78 Å². The van der Waals surface area contributed by atoms with Gasteiger partial charge in [0.25, 0.3) is 0 Å². The second kappa shape index (κ2) is 5.75. The topological polar surface area (TPSA) is 45.1 Å². The number of aromatic hydroxyl groups is 1. The van der Waals surface area contributed by atoms with Gasteiger partial charge >= 0.3 is 0 Å². The van der Waals surface area contributed by atoms with Crippen LogP contribution in [0.1, 0.15) is 24.2 Å². The molecule has 0 amide bonds. The number of phenolic OH excluding ortho intramolecular Hbond substituents is 1. The van der Waals surface area contributed by atoms with E-state index in [0.717, 1.165) is 17.8 Å². The van der Waals surface area contributed by atoms with Gasteiger partial charge in [-0.05, 0) is 36.8 Å². The van der Waals surface area contributed by atoms with Gasteiger partial charge in [-0.2, -0.15) is 0 Å². The third-order valence-electron chi connectivity index (χ3n) is 2.82. The van der Waals surface area contributed by atoms with Gasteiger partial charge in [0.1, 0.15) is 0 Å². The minimum atomic E-state index is -0.956. The lowest BCUT2D eigenvalue weighted by atomic mass is 10.1. The van der Waals surface area contributed by atoms with E-state index in [4.69, 9.17) is 5.11 Å². The number of hydrogen-bond donors (Lipinski definition) is 2. The molecule has 2 rings (SSSR count). The molecule has 0 aliphatic heterocycles.